The predicted octanol–water partition coefficient (Wildman–Crippen LogP) is 1.04. The lowest BCUT2D eigenvalue weighted by Crippen LogP contribution is -2.58. The van der Waals surface area contributed by atoms with Gasteiger partial charge in [-0.15, -0.1) is 0 Å². The fourth-order valence-electron chi connectivity index (χ4n) is 2.41. The first-order valence-corrected chi connectivity index (χ1v) is 6.12. The second-order valence-electron chi connectivity index (χ2n) is 4.63. The Morgan fingerprint density at radius 2 is 2.17 bits per heavy atom. The summed E-state index contributed by atoms with van der Waals surface area (Å²) >= 11 is 0. The maximum Gasteiger partial charge on any atom is 0.0502 e. The fraction of sp³-hybridized carbons (Fsp3) is 1.00. The molecule has 0 spiro atoms. The van der Waals surface area contributed by atoms with Gasteiger partial charge in [0.1, 0.15) is 0 Å². The molecule has 3 heteroatoms. The van der Waals surface area contributed by atoms with Gasteiger partial charge in [0.05, 0.1) is 5.25 Å². The van der Waals surface area contributed by atoms with E-state index in [0.717, 1.165) is 5.75 Å². The normalized spacial score (nSPS) is 45.7. The summed E-state index contributed by atoms with van der Waals surface area (Å²) < 4.78 is 11.8. The maximum absolute atomic E-state index is 11.8. The van der Waals surface area contributed by atoms with Gasteiger partial charge in [-0.3, -0.25) is 4.21 Å². The van der Waals surface area contributed by atoms with Gasteiger partial charge in [-0.2, -0.15) is 0 Å². The molecule has 1 saturated carbocycles. The zero-order chi connectivity index (χ0) is 8.77. The minimum absolute atomic E-state index is 0.0936. The summed E-state index contributed by atoms with van der Waals surface area (Å²) in [6.07, 6.45) is 3.64. The molecule has 0 aromatic carbocycles. The van der Waals surface area contributed by atoms with Gasteiger partial charge < -0.3 is 5.32 Å². The average molecular weight is 187 g/mol. The van der Waals surface area contributed by atoms with Gasteiger partial charge in [-0.25, -0.2) is 0 Å². The van der Waals surface area contributed by atoms with Crippen LogP contribution in [0.4, 0.5) is 0 Å². The Labute approximate surface area is 76.6 Å². The smallest absolute Gasteiger partial charge is 0.0502 e. The van der Waals surface area contributed by atoms with Crippen molar-refractivity contribution in [2.24, 2.45) is 0 Å². The van der Waals surface area contributed by atoms with Crippen molar-refractivity contribution >= 4 is 10.8 Å². The summed E-state index contributed by atoms with van der Waals surface area (Å²) in [4.78, 5) is 0. The highest BCUT2D eigenvalue weighted by molar-refractivity contribution is 7.85. The van der Waals surface area contributed by atoms with Gasteiger partial charge in [0.15, 0.2) is 0 Å². The van der Waals surface area contributed by atoms with Gasteiger partial charge in [0.25, 0.3) is 0 Å². The lowest BCUT2D eigenvalue weighted by molar-refractivity contribution is 0.350. The van der Waals surface area contributed by atoms with Crippen molar-refractivity contribution in [2.75, 3.05) is 5.75 Å². The minimum atomic E-state index is -0.578. The van der Waals surface area contributed by atoms with E-state index in [9.17, 15) is 4.21 Å². The molecule has 0 bridgehead atoms. The molecule has 3 unspecified atom stereocenters. The SMILES string of the molecule is CC1(C)CS(=O)C2CCCC2N1. The Morgan fingerprint density at radius 1 is 1.42 bits per heavy atom. The Hall–Kier alpha value is 0.110. The molecule has 0 amide bonds. The summed E-state index contributed by atoms with van der Waals surface area (Å²) in [6.45, 7) is 4.30. The lowest BCUT2D eigenvalue weighted by Gasteiger charge is -2.38. The van der Waals surface area contributed by atoms with Crippen LogP contribution in [0.25, 0.3) is 0 Å². The van der Waals surface area contributed by atoms with E-state index in [1.165, 1.54) is 19.3 Å². The van der Waals surface area contributed by atoms with E-state index in [1.807, 2.05) is 0 Å². The van der Waals surface area contributed by atoms with Crippen molar-refractivity contribution in [1.29, 1.82) is 0 Å². The van der Waals surface area contributed by atoms with E-state index in [1.54, 1.807) is 0 Å². The molecule has 0 aromatic heterocycles. The minimum Gasteiger partial charge on any atom is -0.307 e. The molecule has 3 atom stereocenters. The fourth-order valence-corrected chi connectivity index (χ4v) is 4.42. The molecule has 1 heterocycles. The molecule has 0 aromatic rings. The third kappa shape index (κ3) is 1.44. The molecule has 1 aliphatic carbocycles. The third-order valence-electron chi connectivity index (χ3n) is 2.87. The first-order chi connectivity index (χ1) is 5.58. The zero-order valence-electron chi connectivity index (χ0n) is 7.80. The van der Waals surface area contributed by atoms with Crippen LogP contribution in [0.15, 0.2) is 0 Å². The van der Waals surface area contributed by atoms with Crippen LogP contribution in [0, 0.1) is 0 Å². The van der Waals surface area contributed by atoms with Gasteiger partial charge >= 0.3 is 0 Å². The van der Waals surface area contributed by atoms with Crippen molar-refractivity contribution in [3.63, 3.8) is 0 Å². The zero-order valence-corrected chi connectivity index (χ0v) is 8.62. The van der Waals surface area contributed by atoms with Crippen molar-refractivity contribution < 1.29 is 4.21 Å². The predicted molar refractivity (Wildman–Crippen MR) is 51.7 cm³/mol. The topological polar surface area (TPSA) is 29.1 Å². The van der Waals surface area contributed by atoms with Crippen LogP contribution in [0.5, 0.6) is 0 Å². The molecule has 0 radical (unpaired) electrons. The highest BCUT2D eigenvalue weighted by Gasteiger charge is 2.41. The van der Waals surface area contributed by atoms with Crippen molar-refractivity contribution in [1.82, 2.24) is 5.32 Å². The first-order valence-electron chi connectivity index (χ1n) is 4.73. The van der Waals surface area contributed by atoms with Crippen LogP contribution >= 0.6 is 0 Å². The van der Waals surface area contributed by atoms with E-state index in [0.29, 0.717) is 11.3 Å². The van der Waals surface area contributed by atoms with Crippen LogP contribution in [0.3, 0.4) is 0 Å². The molecule has 2 nitrogen and oxygen atoms in total. The van der Waals surface area contributed by atoms with Crippen molar-refractivity contribution in [3.8, 4) is 0 Å². The third-order valence-corrected chi connectivity index (χ3v) is 5.12. The molecule has 2 aliphatic rings. The standard InChI is InChI=1S/C9H17NOS/c1-9(2)6-12(11)8-5-3-4-7(8)10-9/h7-8,10H,3-6H2,1-2H3. The Balaban J connectivity index is 2.15. The van der Waals surface area contributed by atoms with Gasteiger partial charge in [0, 0.05) is 28.1 Å². The number of hydrogen-bond acceptors (Lipinski definition) is 2. The van der Waals surface area contributed by atoms with Crippen LogP contribution in [-0.4, -0.2) is 26.8 Å². The molecule has 1 N–H and O–H groups in total. The number of fused-ring (bicyclic) bond motifs is 1. The average Bonchev–Trinajstić information content (AvgIpc) is 2.31. The van der Waals surface area contributed by atoms with E-state index < -0.39 is 10.8 Å². The molecule has 2 rings (SSSR count). The second kappa shape index (κ2) is 2.81. The van der Waals surface area contributed by atoms with Gasteiger partial charge in [0.2, 0.25) is 0 Å². The van der Waals surface area contributed by atoms with Crippen LogP contribution in [0.1, 0.15) is 33.1 Å². The van der Waals surface area contributed by atoms with Crippen LogP contribution < -0.4 is 5.32 Å². The molecule has 2 fully saturated rings. The molecule has 12 heavy (non-hydrogen) atoms. The lowest BCUT2D eigenvalue weighted by atomic mass is 10.1. The Kier molecular flexibility index (Phi) is 2.04. The largest absolute Gasteiger partial charge is 0.307 e. The molecule has 70 valence electrons. The Morgan fingerprint density at radius 3 is 2.92 bits per heavy atom. The highest BCUT2D eigenvalue weighted by atomic mass is 32.2. The van der Waals surface area contributed by atoms with Crippen LogP contribution in [0.2, 0.25) is 0 Å². The number of rotatable bonds is 0. The summed E-state index contributed by atoms with van der Waals surface area (Å²) in [5, 5.41) is 4.05. The molecule has 1 aliphatic heterocycles. The van der Waals surface area contributed by atoms with Crippen LogP contribution in [-0.2, 0) is 10.8 Å². The Bertz CT molecular complexity index is 215. The summed E-state index contributed by atoms with van der Waals surface area (Å²) in [5.74, 6) is 0.828. The molecular weight excluding hydrogens is 170 g/mol. The van der Waals surface area contributed by atoms with Crippen molar-refractivity contribution in [3.05, 3.63) is 0 Å². The van der Waals surface area contributed by atoms with Crippen molar-refractivity contribution in [2.45, 2.75) is 49.9 Å². The van der Waals surface area contributed by atoms with E-state index in [-0.39, 0.29) is 5.54 Å². The maximum atomic E-state index is 11.8. The van der Waals surface area contributed by atoms with Gasteiger partial charge in [-0.05, 0) is 26.7 Å². The van der Waals surface area contributed by atoms with E-state index in [4.69, 9.17) is 0 Å². The van der Waals surface area contributed by atoms with E-state index in [2.05, 4.69) is 19.2 Å². The monoisotopic (exact) mass is 187 g/mol. The first kappa shape index (κ1) is 8.70. The summed E-state index contributed by atoms with van der Waals surface area (Å²) in [5.41, 5.74) is 0.0936. The summed E-state index contributed by atoms with van der Waals surface area (Å²) in [6, 6.07) is 0.537. The molecular formula is C9H17NOS. The number of hydrogen-bond donors (Lipinski definition) is 1. The van der Waals surface area contributed by atoms with Gasteiger partial charge in [-0.1, -0.05) is 6.42 Å². The molecule has 1 saturated heterocycles. The summed E-state index contributed by atoms with van der Waals surface area (Å²) in [7, 11) is -0.578. The number of nitrogens with one attached hydrogen (secondary N) is 1. The highest BCUT2D eigenvalue weighted by Crippen LogP contribution is 2.30. The second-order valence-corrected chi connectivity index (χ2v) is 6.28. The quantitative estimate of drug-likeness (QED) is 0.614. The van der Waals surface area contributed by atoms with E-state index >= 15 is 0 Å².